The number of hydrogen-bond acceptors (Lipinski definition) is 1. The molecule has 0 aromatic heterocycles. The van der Waals surface area contributed by atoms with Crippen molar-refractivity contribution < 1.29 is 4.43 Å². The van der Waals surface area contributed by atoms with Gasteiger partial charge in [0.15, 0.2) is 8.32 Å². The molecule has 0 bridgehead atoms. The van der Waals surface area contributed by atoms with Gasteiger partial charge in [0.1, 0.15) is 0 Å². The average molecular weight is 778 g/mol. The highest BCUT2D eigenvalue weighted by molar-refractivity contribution is 6.73. The molecular formula is C52H108OSi. The van der Waals surface area contributed by atoms with Crippen LogP contribution in [-0.4, -0.2) is 14.9 Å². The van der Waals surface area contributed by atoms with Gasteiger partial charge in [-0.05, 0) is 24.6 Å². The van der Waals surface area contributed by atoms with Crippen molar-refractivity contribution in [3.63, 3.8) is 0 Å². The molecule has 0 saturated heterocycles. The van der Waals surface area contributed by atoms with E-state index in [4.69, 9.17) is 4.43 Å². The summed E-state index contributed by atoms with van der Waals surface area (Å²) in [6.45, 7) is 10.4. The SMILES string of the molecule is CCCCCCCCCCCCCCCC[Si](CCCCCCCCCCCCCCCC)(CCCCCCCCCCCCCCCC)OCCCC. The van der Waals surface area contributed by atoms with Crippen LogP contribution in [0.5, 0.6) is 0 Å². The Bertz CT molecular complexity index is 569. The summed E-state index contributed by atoms with van der Waals surface area (Å²) < 4.78 is 7.15. The van der Waals surface area contributed by atoms with Crippen molar-refractivity contribution in [1.29, 1.82) is 0 Å². The predicted octanol–water partition coefficient (Wildman–Crippen LogP) is 20.2. The van der Waals surface area contributed by atoms with Gasteiger partial charge in [0.05, 0.1) is 0 Å². The summed E-state index contributed by atoms with van der Waals surface area (Å²) in [6, 6.07) is 4.39. The van der Waals surface area contributed by atoms with Gasteiger partial charge in [0.2, 0.25) is 0 Å². The van der Waals surface area contributed by atoms with E-state index in [1.54, 1.807) is 0 Å². The largest absolute Gasteiger partial charge is 0.417 e. The monoisotopic (exact) mass is 777 g/mol. The molecule has 0 atom stereocenters. The molecule has 0 unspecified atom stereocenters. The molecule has 326 valence electrons. The smallest absolute Gasteiger partial charge is 0.192 e. The summed E-state index contributed by atoms with van der Waals surface area (Å²) >= 11 is 0. The molecule has 0 radical (unpaired) electrons. The van der Waals surface area contributed by atoms with E-state index in [1.165, 1.54) is 301 Å². The van der Waals surface area contributed by atoms with Gasteiger partial charge < -0.3 is 4.43 Å². The maximum Gasteiger partial charge on any atom is 0.192 e. The molecule has 54 heavy (non-hydrogen) atoms. The molecule has 0 aromatic carbocycles. The summed E-state index contributed by atoms with van der Waals surface area (Å²) in [6.07, 6.45) is 63.9. The van der Waals surface area contributed by atoms with Crippen LogP contribution in [0.4, 0.5) is 0 Å². The molecule has 0 spiro atoms. The lowest BCUT2D eigenvalue weighted by Gasteiger charge is -2.32. The number of hydrogen-bond donors (Lipinski definition) is 0. The Kier molecular flexibility index (Phi) is 47.7. The van der Waals surface area contributed by atoms with Crippen LogP contribution in [0.15, 0.2) is 0 Å². The lowest BCUT2D eigenvalue weighted by molar-refractivity contribution is 0.285. The Labute approximate surface area is 346 Å². The molecule has 0 aromatic rings. The summed E-state index contributed by atoms with van der Waals surface area (Å²) in [5.74, 6) is 0. The molecule has 0 heterocycles. The van der Waals surface area contributed by atoms with Gasteiger partial charge in [-0.1, -0.05) is 304 Å². The maximum absolute atomic E-state index is 7.15. The van der Waals surface area contributed by atoms with Crippen molar-refractivity contribution in [2.24, 2.45) is 0 Å². The molecule has 1 nitrogen and oxygen atoms in total. The van der Waals surface area contributed by atoms with Gasteiger partial charge >= 0.3 is 0 Å². The molecule has 0 amide bonds. The third kappa shape index (κ3) is 41.8. The van der Waals surface area contributed by atoms with Crippen LogP contribution in [0, 0.1) is 0 Å². The maximum atomic E-state index is 7.15. The van der Waals surface area contributed by atoms with Gasteiger partial charge in [0.25, 0.3) is 0 Å². The number of unbranched alkanes of at least 4 members (excludes halogenated alkanes) is 40. The van der Waals surface area contributed by atoms with Crippen LogP contribution in [-0.2, 0) is 4.43 Å². The third-order valence-corrected chi connectivity index (χ3v) is 17.5. The van der Waals surface area contributed by atoms with E-state index in [0.29, 0.717) is 0 Å². The fraction of sp³-hybridized carbons (Fsp3) is 1.00. The zero-order valence-corrected chi connectivity index (χ0v) is 39.8. The van der Waals surface area contributed by atoms with Gasteiger partial charge in [-0.25, -0.2) is 0 Å². The molecule has 0 fully saturated rings. The van der Waals surface area contributed by atoms with Crippen LogP contribution >= 0.6 is 0 Å². The second-order valence-corrected chi connectivity index (χ2v) is 22.6. The van der Waals surface area contributed by atoms with E-state index < -0.39 is 8.32 Å². The predicted molar refractivity (Wildman–Crippen MR) is 252 cm³/mol. The average Bonchev–Trinajstić information content (AvgIpc) is 3.18. The fourth-order valence-corrected chi connectivity index (χ4v) is 13.4. The van der Waals surface area contributed by atoms with Gasteiger partial charge in [-0.3, -0.25) is 0 Å². The van der Waals surface area contributed by atoms with E-state index in [1.807, 2.05) is 0 Å². The summed E-state index contributed by atoms with van der Waals surface area (Å²) in [5, 5.41) is 0. The first-order chi connectivity index (χ1) is 26.7. The van der Waals surface area contributed by atoms with Crippen LogP contribution < -0.4 is 0 Å². The minimum absolute atomic E-state index is 1.05. The Hall–Kier alpha value is 0.177. The Morgan fingerprint density at radius 2 is 0.370 bits per heavy atom. The standard InChI is InChI=1S/C52H108OSi/c1-5-9-13-16-19-22-25-28-31-34-37-40-43-46-50-54(53-49-12-8-4,51-47-44-41-38-35-32-29-26-23-20-17-14-10-6-2)52-48-45-42-39-36-33-30-27-24-21-18-15-11-7-3/h5-52H2,1-4H3. The first kappa shape index (κ1) is 54.2. The first-order valence-corrected chi connectivity index (χ1v) is 28.9. The van der Waals surface area contributed by atoms with Gasteiger partial charge in [-0.2, -0.15) is 0 Å². The van der Waals surface area contributed by atoms with E-state index in [-0.39, 0.29) is 0 Å². The molecule has 2 heteroatoms. The van der Waals surface area contributed by atoms with Crippen LogP contribution in [0.1, 0.15) is 310 Å². The van der Waals surface area contributed by atoms with E-state index in [9.17, 15) is 0 Å². The van der Waals surface area contributed by atoms with E-state index in [0.717, 1.165) is 6.61 Å². The molecule has 0 rings (SSSR count). The zero-order valence-electron chi connectivity index (χ0n) is 38.8. The van der Waals surface area contributed by atoms with Crippen molar-refractivity contribution >= 4 is 8.32 Å². The van der Waals surface area contributed by atoms with Crippen LogP contribution in [0.25, 0.3) is 0 Å². The topological polar surface area (TPSA) is 9.23 Å². The Balaban J connectivity index is 4.51. The Morgan fingerprint density at radius 3 is 0.556 bits per heavy atom. The normalized spacial score (nSPS) is 12.0. The first-order valence-electron chi connectivity index (χ1n) is 26.4. The molecule has 0 aliphatic rings. The van der Waals surface area contributed by atoms with Gasteiger partial charge in [-0.15, -0.1) is 0 Å². The van der Waals surface area contributed by atoms with Crippen molar-refractivity contribution in [1.82, 2.24) is 0 Å². The summed E-state index contributed by atoms with van der Waals surface area (Å²) in [7, 11) is -1.64. The van der Waals surface area contributed by atoms with Crippen molar-refractivity contribution in [2.75, 3.05) is 6.61 Å². The quantitative estimate of drug-likeness (QED) is 0.0442. The minimum atomic E-state index is -1.64. The fourth-order valence-electron chi connectivity index (χ4n) is 8.95. The zero-order chi connectivity index (χ0) is 39.1. The van der Waals surface area contributed by atoms with Gasteiger partial charge in [0, 0.05) is 6.61 Å². The van der Waals surface area contributed by atoms with E-state index >= 15 is 0 Å². The molecule has 0 saturated carbocycles. The molecule has 0 N–H and O–H groups in total. The number of rotatable bonds is 49. The van der Waals surface area contributed by atoms with Crippen LogP contribution in [0.3, 0.4) is 0 Å². The highest BCUT2D eigenvalue weighted by Gasteiger charge is 2.33. The van der Waals surface area contributed by atoms with Crippen molar-refractivity contribution in [3.8, 4) is 0 Å². The second-order valence-electron chi connectivity index (χ2n) is 18.4. The molecule has 0 aliphatic carbocycles. The van der Waals surface area contributed by atoms with Crippen molar-refractivity contribution in [2.45, 2.75) is 328 Å². The third-order valence-electron chi connectivity index (χ3n) is 12.9. The summed E-state index contributed by atoms with van der Waals surface area (Å²) in [5.41, 5.74) is 0. The second kappa shape index (κ2) is 47.6. The molecule has 0 aliphatic heterocycles. The minimum Gasteiger partial charge on any atom is -0.417 e. The van der Waals surface area contributed by atoms with Crippen molar-refractivity contribution in [3.05, 3.63) is 0 Å². The van der Waals surface area contributed by atoms with Crippen LogP contribution in [0.2, 0.25) is 18.1 Å². The lowest BCUT2D eigenvalue weighted by atomic mass is 10.0. The summed E-state index contributed by atoms with van der Waals surface area (Å²) in [4.78, 5) is 0. The highest BCUT2D eigenvalue weighted by atomic mass is 28.4. The molecular weight excluding hydrogens is 669 g/mol. The lowest BCUT2D eigenvalue weighted by Crippen LogP contribution is -2.38. The van der Waals surface area contributed by atoms with E-state index in [2.05, 4.69) is 27.7 Å². The Morgan fingerprint density at radius 1 is 0.204 bits per heavy atom. The highest BCUT2D eigenvalue weighted by Crippen LogP contribution is 2.32.